The molecule has 0 amide bonds. The number of para-hydroxylation sites is 1. The van der Waals surface area contributed by atoms with Gasteiger partial charge >= 0.3 is 0 Å². The van der Waals surface area contributed by atoms with E-state index < -0.39 is 0 Å². The number of hydrogen-bond donors (Lipinski definition) is 0. The Morgan fingerprint density at radius 3 is 2.18 bits per heavy atom. The molecule has 2 heterocycles. The maximum Gasteiger partial charge on any atom is 0.158 e. The van der Waals surface area contributed by atoms with E-state index in [1.807, 2.05) is 18.3 Å². The van der Waals surface area contributed by atoms with Gasteiger partial charge in [0.15, 0.2) is 5.82 Å². The Morgan fingerprint density at radius 1 is 0.679 bits per heavy atom. The van der Waals surface area contributed by atoms with Gasteiger partial charge in [0.05, 0.1) is 5.69 Å². The van der Waals surface area contributed by atoms with Crippen molar-refractivity contribution in [1.29, 1.82) is 0 Å². The number of anilines is 4. The van der Waals surface area contributed by atoms with E-state index in [0.29, 0.717) is 0 Å². The monoisotopic (exact) mass is 363 g/mol. The second-order valence-corrected chi connectivity index (χ2v) is 7.05. The SMILES string of the molecule is Cc1cc(-c2ccccc2)ccc1N1CN(c2ccccc2)c2cccnc21. The summed E-state index contributed by atoms with van der Waals surface area (Å²) in [4.78, 5) is 9.31. The molecule has 5 rings (SSSR count). The van der Waals surface area contributed by atoms with E-state index >= 15 is 0 Å². The fourth-order valence-electron chi connectivity index (χ4n) is 3.88. The van der Waals surface area contributed by atoms with Gasteiger partial charge in [0.2, 0.25) is 0 Å². The van der Waals surface area contributed by atoms with Crippen molar-refractivity contribution >= 4 is 22.9 Å². The van der Waals surface area contributed by atoms with Gasteiger partial charge in [-0.2, -0.15) is 0 Å². The van der Waals surface area contributed by atoms with Crippen LogP contribution in [-0.2, 0) is 0 Å². The zero-order valence-corrected chi connectivity index (χ0v) is 15.8. The molecule has 3 aromatic carbocycles. The number of hydrogen-bond acceptors (Lipinski definition) is 3. The quantitative estimate of drug-likeness (QED) is 0.425. The first kappa shape index (κ1) is 16.6. The molecule has 1 aliphatic rings. The maximum absolute atomic E-state index is 4.70. The van der Waals surface area contributed by atoms with Gasteiger partial charge in [0.25, 0.3) is 0 Å². The molecule has 0 aliphatic carbocycles. The number of benzene rings is 3. The number of rotatable bonds is 3. The van der Waals surface area contributed by atoms with Crippen molar-refractivity contribution in [2.75, 3.05) is 16.5 Å². The van der Waals surface area contributed by atoms with Crippen LogP contribution >= 0.6 is 0 Å². The summed E-state index contributed by atoms with van der Waals surface area (Å²) in [6, 6.07) is 31.8. The minimum Gasteiger partial charge on any atom is -0.320 e. The number of aryl methyl sites for hydroxylation is 1. The Kier molecular flexibility index (Phi) is 4.06. The van der Waals surface area contributed by atoms with Crippen LogP contribution in [0.2, 0.25) is 0 Å². The molecule has 0 saturated heterocycles. The summed E-state index contributed by atoms with van der Waals surface area (Å²) in [6.45, 7) is 2.93. The molecule has 28 heavy (non-hydrogen) atoms. The molecule has 3 nitrogen and oxygen atoms in total. The van der Waals surface area contributed by atoms with Gasteiger partial charge in [0, 0.05) is 17.6 Å². The first-order chi connectivity index (χ1) is 13.8. The van der Waals surface area contributed by atoms with Gasteiger partial charge in [-0.15, -0.1) is 0 Å². The molecule has 136 valence electrons. The summed E-state index contributed by atoms with van der Waals surface area (Å²) < 4.78 is 0. The molecule has 0 unspecified atom stereocenters. The molecular weight excluding hydrogens is 342 g/mol. The lowest BCUT2D eigenvalue weighted by Gasteiger charge is -2.23. The largest absolute Gasteiger partial charge is 0.320 e. The van der Waals surface area contributed by atoms with E-state index in [1.54, 1.807) is 0 Å². The molecule has 1 aromatic heterocycles. The molecule has 0 radical (unpaired) electrons. The van der Waals surface area contributed by atoms with Crippen molar-refractivity contribution in [1.82, 2.24) is 4.98 Å². The molecule has 0 saturated carbocycles. The Bertz CT molecular complexity index is 1110. The number of pyridine rings is 1. The maximum atomic E-state index is 4.70. The summed E-state index contributed by atoms with van der Waals surface area (Å²) in [7, 11) is 0. The smallest absolute Gasteiger partial charge is 0.158 e. The molecule has 1 aliphatic heterocycles. The van der Waals surface area contributed by atoms with Gasteiger partial charge < -0.3 is 9.80 Å². The fraction of sp³-hybridized carbons (Fsp3) is 0.0800. The second-order valence-electron chi connectivity index (χ2n) is 7.05. The van der Waals surface area contributed by atoms with Crippen LogP contribution in [0.25, 0.3) is 11.1 Å². The highest BCUT2D eigenvalue weighted by molar-refractivity contribution is 5.85. The molecule has 0 spiro atoms. The average Bonchev–Trinajstić information content (AvgIpc) is 3.14. The molecular formula is C25H21N3. The Hall–Kier alpha value is -3.59. The van der Waals surface area contributed by atoms with Gasteiger partial charge in [-0.1, -0.05) is 54.6 Å². The van der Waals surface area contributed by atoms with Gasteiger partial charge in [0.1, 0.15) is 6.67 Å². The zero-order chi connectivity index (χ0) is 18.9. The predicted molar refractivity (Wildman–Crippen MR) is 116 cm³/mol. The second kappa shape index (κ2) is 6.86. The first-order valence-electron chi connectivity index (χ1n) is 9.52. The average molecular weight is 363 g/mol. The van der Waals surface area contributed by atoms with Crippen molar-refractivity contribution < 1.29 is 0 Å². The Balaban J connectivity index is 1.55. The van der Waals surface area contributed by atoms with E-state index in [0.717, 1.165) is 18.2 Å². The third kappa shape index (κ3) is 2.81. The predicted octanol–water partition coefficient (Wildman–Crippen LogP) is 6.30. The van der Waals surface area contributed by atoms with Crippen LogP contribution in [0.15, 0.2) is 97.2 Å². The van der Waals surface area contributed by atoms with E-state index in [9.17, 15) is 0 Å². The molecule has 0 bridgehead atoms. The topological polar surface area (TPSA) is 19.4 Å². The number of nitrogens with zero attached hydrogens (tertiary/aromatic N) is 3. The summed E-state index contributed by atoms with van der Waals surface area (Å²) >= 11 is 0. The first-order valence-corrected chi connectivity index (χ1v) is 9.52. The van der Waals surface area contributed by atoms with Gasteiger partial charge in [-0.05, 0) is 60.0 Å². The number of fused-ring (bicyclic) bond motifs is 1. The summed E-state index contributed by atoms with van der Waals surface area (Å²) in [5, 5.41) is 0. The van der Waals surface area contributed by atoms with Crippen LogP contribution in [0.5, 0.6) is 0 Å². The molecule has 0 fully saturated rings. The summed E-state index contributed by atoms with van der Waals surface area (Å²) in [5.74, 6) is 1.00. The van der Waals surface area contributed by atoms with E-state index in [1.165, 1.54) is 28.1 Å². The Morgan fingerprint density at radius 2 is 1.43 bits per heavy atom. The highest BCUT2D eigenvalue weighted by atomic mass is 15.4. The minimum absolute atomic E-state index is 0.752. The third-order valence-electron chi connectivity index (χ3n) is 5.26. The lowest BCUT2D eigenvalue weighted by molar-refractivity contribution is 0.976. The van der Waals surface area contributed by atoms with Crippen molar-refractivity contribution in [3.8, 4) is 11.1 Å². The highest BCUT2D eigenvalue weighted by Gasteiger charge is 2.29. The lowest BCUT2D eigenvalue weighted by Crippen LogP contribution is -2.24. The number of aromatic nitrogens is 1. The van der Waals surface area contributed by atoms with E-state index in [-0.39, 0.29) is 0 Å². The van der Waals surface area contributed by atoms with Crippen LogP contribution < -0.4 is 9.80 Å². The summed E-state index contributed by atoms with van der Waals surface area (Å²) in [5.41, 5.74) is 7.23. The fourth-order valence-corrected chi connectivity index (χ4v) is 3.88. The van der Waals surface area contributed by atoms with Gasteiger partial charge in [-0.3, -0.25) is 0 Å². The van der Waals surface area contributed by atoms with Crippen LogP contribution in [0.3, 0.4) is 0 Å². The zero-order valence-electron chi connectivity index (χ0n) is 15.8. The van der Waals surface area contributed by atoms with Gasteiger partial charge in [-0.25, -0.2) is 4.98 Å². The van der Waals surface area contributed by atoms with E-state index in [2.05, 4.69) is 95.6 Å². The highest BCUT2D eigenvalue weighted by Crippen LogP contribution is 2.43. The summed E-state index contributed by atoms with van der Waals surface area (Å²) in [6.07, 6.45) is 1.87. The van der Waals surface area contributed by atoms with Crippen LogP contribution in [-0.4, -0.2) is 11.7 Å². The molecule has 3 heteroatoms. The lowest BCUT2D eigenvalue weighted by atomic mass is 10.0. The van der Waals surface area contributed by atoms with Crippen molar-refractivity contribution in [3.05, 3.63) is 103 Å². The molecule has 4 aromatic rings. The normalized spacial score (nSPS) is 12.9. The Labute approximate surface area is 165 Å². The van der Waals surface area contributed by atoms with Crippen molar-refractivity contribution in [3.63, 3.8) is 0 Å². The van der Waals surface area contributed by atoms with Crippen LogP contribution in [0.1, 0.15) is 5.56 Å². The van der Waals surface area contributed by atoms with Crippen molar-refractivity contribution in [2.24, 2.45) is 0 Å². The molecule has 0 N–H and O–H groups in total. The van der Waals surface area contributed by atoms with Crippen molar-refractivity contribution in [2.45, 2.75) is 6.92 Å². The van der Waals surface area contributed by atoms with E-state index in [4.69, 9.17) is 4.98 Å². The van der Waals surface area contributed by atoms with Crippen LogP contribution in [0, 0.1) is 6.92 Å². The minimum atomic E-state index is 0.752. The standard InChI is InChI=1S/C25H21N3/c1-19-17-21(20-9-4-2-5-10-20)14-15-23(19)28-18-27(22-11-6-3-7-12-22)24-13-8-16-26-25(24)28/h2-17H,18H2,1H3. The van der Waals surface area contributed by atoms with Crippen LogP contribution in [0.4, 0.5) is 22.9 Å². The third-order valence-corrected chi connectivity index (χ3v) is 5.26. The molecule has 0 atom stereocenters.